The zero-order chi connectivity index (χ0) is 25.1. The van der Waals surface area contributed by atoms with Crippen LogP contribution in [-0.4, -0.2) is 29.2 Å². The first-order valence-electron chi connectivity index (χ1n) is 11.7. The number of carbonyl (C=O) groups is 1. The minimum atomic E-state index is -0.422. The second-order valence-corrected chi connectivity index (χ2v) is 10.2. The first-order chi connectivity index (χ1) is 16.8. The summed E-state index contributed by atoms with van der Waals surface area (Å²) >= 11 is 1.47. The quantitative estimate of drug-likeness (QED) is 0.355. The van der Waals surface area contributed by atoms with Crippen molar-refractivity contribution in [2.24, 2.45) is 13.0 Å². The van der Waals surface area contributed by atoms with Gasteiger partial charge in [-0.15, -0.1) is 0 Å². The van der Waals surface area contributed by atoms with Crippen molar-refractivity contribution in [3.63, 3.8) is 0 Å². The third kappa shape index (κ3) is 5.53. The summed E-state index contributed by atoms with van der Waals surface area (Å²) in [5.74, 6) is 2.19. The van der Waals surface area contributed by atoms with Crippen LogP contribution < -0.4 is 20.3 Å². The van der Waals surface area contributed by atoms with Gasteiger partial charge in [0.15, 0.2) is 16.7 Å². The molecule has 1 atom stereocenters. The number of thioether (sulfide) groups is 1. The molecule has 1 aromatic heterocycles. The monoisotopic (exact) mass is 493 g/mol. The fourth-order valence-electron chi connectivity index (χ4n) is 4.06. The van der Waals surface area contributed by atoms with Gasteiger partial charge in [0.2, 0.25) is 5.91 Å². The fraction of sp³-hybridized carbons (Fsp3) is 0.370. The maximum absolute atomic E-state index is 13.2. The molecule has 0 spiro atoms. The Balaban J connectivity index is 1.66. The number of anilines is 1. The number of nitrogens with zero attached hydrogens (tertiary/aromatic N) is 2. The van der Waals surface area contributed by atoms with E-state index < -0.39 is 5.92 Å². The zero-order valence-corrected chi connectivity index (χ0v) is 21.6. The van der Waals surface area contributed by atoms with E-state index in [9.17, 15) is 9.59 Å². The van der Waals surface area contributed by atoms with E-state index in [0.717, 1.165) is 11.1 Å². The van der Waals surface area contributed by atoms with Crippen LogP contribution in [-0.2, 0) is 17.6 Å². The van der Waals surface area contributed by atoms with E-state index in [1.165, 1.54) is 17.3 Å². The van der Waals surface area contributed by atoms with Crippen LogP contribution in [0.4, 0.5) is 5.82 Å². The van der Waals surface area contributed by atoms with Gasteiger partial charge in [-0.3, -0.25) is 9.59 Å². The van der Waals surface area contributed by atoms with E-state index >= 15 is 0 Å². The summed E-state index contributed by atoms with van der Waals surface area (Å²) in [6.07, 6.45) is 0.162. The maximum atomic E-state index is 13.2. The number of rotatable bonds is 8. The Morgan fingerprint density at radius 1 is 1.14 bits per heavy atom. The molecular weight excluding hydrogens is 462 g/mol. The summed E-state index contributed by atoms with van der Waals surface area (Å²) in [5.41, 5.74) is 3.32. The number of methoxy groups -OCH3 is 1. The lowest BCUT2D eigenvalue weighted by atomic mass is 9.86. The van der Waals surface area contributed by atoms with E-state index in [0.29, 0.717) is 46.3 Å². The summed E-state index contributed by atoms with van der Waals surface area (Å²) in [7, 11) is 3.41. The molecule has 0 aliphatic carbocycles. The van der Waals surface area contributed by atoms with Crippen LogP contribution in [0.1, 0.15) is 48.4 Å². The molecule has 4 rings (SSSR count). The molecule has 0 saturated carbocycles. The Hall–Kier alpha value is -3.26. The van der Waals surface area contributed by atoms with Crippen molar-refractivity contribution in [2.45, 2.75) is 44.0 Å². The molecule has 0 fully saturated rings. The fourth-order valence-corrected chi connectivity index (χ4v) is 4.98. The van der Waals surface area contributed by atoms with Gasteiger partial charge in [0.1, 0.15) is 5.82 Å². The Morgan fingerprint density at radius 2 is 1.89 bits per heavy atom. The molecule has 1 aliphatic heterocycles. The number of ether oxygens (including phenoxy) is 2. The van der Waals surface area contributed by atoms with Crippen molar-refractivity contribution in [3.05, 3.63) is 75.1 Å². The van der Waals surface area contributed by atoms with Crippen LogP contribution in [0.15, 0.2) is 52.4 Å². The molecule has 7 nitrogen and oxygen atoms in total. The lowest BCUT2D eigenvalue weighted by Crippen LogP contribution is -2.33. The Morgan fingerprint density at radius 3 is 2.57 bits per heavy atom. The van der Waals surface area contributed by atoms with Crippen LogP contribution in [0.3, 0.4) is 0 Å². The van der Waals surface area contributed by atoms with Gasteiger partial charge in [-0.1, -0.05) is 61.5 Å². The molecule has 0 bridgehead atoms. The Labute approximate surface area is 209 Å². The Bertz CT molecular complexity index is 1280. The summed E-state index contributed by atoms with van der Waals surface area (Å²) in [5, 5.41) is 3.46. The van der Waals surface area contributed by atoms with Gasteiger partial charge in [-0.05, 0) is 36.1 Å². The summed E-state index contributed by atoms with van der Waals surface area (Å²) in [6, 6.07) is 13.8. The first-order valence-corrected chi connectivity index (χ1v) is 12.6. The summed E-state index contributed by atoms with van der Waals surface area (Å²) < 4.78 is 13.2. The van der Waals surface area contributed by atoms with Gasteiger partial charge >= 0.3 is 0 Å². The molecule has 8 heteroatoms. The van der Waals surface area contributed by atoms with Crippen molar-refractivity contribution >= 4 is 23.5 Å². The van der Waals surface area contributed by atoms with Gasteiger partial charge in [0.05, 0.1) is 19.3 Å². The molecule has 0 radical (unpaired) electrons. The highest BCUT2D eigenvalue weighted by Crippen LogP contribution is 2.39. The second-order valence-electron chi connectivity index (χ2n) is 9.22. The number of fused-ring (bicyclic) bond motifs is 1. The van der Waals surface area contributed by atoms with Gasteiger partial charge in [0, 0.05) is 25.1 Å². The third-order valence-electron chi connectivity index (χ3n) is 5.95. The summed E-state index contributed by atoms with van der Waals surface area (Å²) in [4.78, 5) is 30.3. The van der Waals surface area contributed by atoms with Crippen molar-refractivity contribution in [2.75, 3.05) is 19.0 Å². The number of benzene rings is 2. The predicted molar refractivity (Wildman–Crippen MR) is 139 cm³/mol. The molecule has 1 unspecified atom stereocenters. The second kappa shape index (κ2) is 10.6. The van der Waals surface area contributed by atoms with Crippen molar-refractivity contribution in [1.29, 1.82) is 0 Å². The predicted octanol–water partition coefficient (Wildman–Crippen LogP) is 4.90. The molecule has 184 valence electrons. The van der Waals surface area contributed by atoms with Crippen molar-refractivity contribution < 1.29 is 14.3 Å². The highest BCUT2D eigenvalue weighted by atomic mass is 32.2. The molecule has 1 amide bonds. The molecule has 0 saturated heterocycles. The molecule has 3 aromatic rings. The lowest BCUT2D eigenvalue weighted by molar-refractivity contribution is -0.116. The SMILES string of the molecule is COc1cc(C2CC(=O)Nc3c2c(=O)nc(SCc2ccc(C)cc2)n3C)ccc1OCC(C)C. The Kier molecular flexibility index (Phi) is 7.50. The normalized spacial score (nSPS) is 15.0. The van der Waals surface area contributed by atoms with E-state index in [1.807, 2.05) is 32.2 Å². The van der Waals surface area contributed by atoms with Crippen LogP contribution in [0.5, 0.6) is 11.5 Å². The van der Waals surface area contributed by atoms with Crippen LogP contribution in [0, 0.1) is 12.8 Å². The molecular formula is C27H31N3O4S. The van der Waals surface area contributed by atoms with Crippen LogP contribution >= 0.6 is 11.8 Å². The highest BCUT2D eigenvalue weighted by molar-refractivity contribution is 7.98. The number of amides is 1. The standard InChI is InChI=1S/C27H31N3O4S/c1-16(2)14-34-21-11-10-19(12-22(21)33-5)20-13-23(31)28-25-24(20)26(32)29-27(30(25)4)35-15-18-8-6-17(3)7-9-18/h6-12,16,20H,13-15H2,1-5H3,(H,28,31). The largest absolute Gasteiger partial charge is 0.493 e. The molecule has 1 aliphatic rings. The number of nitrogens with one attached hydrogen (secondary N) is 1. The smallest absolute Gasteiger partial charge is 0.279 e. The van der Waals surface area contributed by atoms with E-state index in [1.54, 1.807) is 11.7 Å². The highest BCUT2D eigenvalue weighted by Gasteiger charge is 2.32. The average molecular weight is 494 g/mol. The van der Waals surface area contributed by atoms with Gasteiger partial charge in [0.25, 0.3) is 5.56 Å². The molecule has 2 aromatic carbocycles. The minimum Gasteiger partial charge on any atom is -0.493 e. The molecule has 35 heavy (non-hydrogen) atoms. The molecule has 1 N–H and O–H groups in total. The average Bonchev–Trinajstić information content (AvgIpc) is 2.84. The lowest BCUT2D eigenvalue weighted by Gasteiger charge is -2.28. The van der Waals surface area contributed by atoms with Crippen molar-refractivity contribution in [3.8, 4) is 11.5 Å². The molecule has 2 heterocycles. The number of hydrogen-bond donors (Lipinski definition) is 1. The minimum absolute atomic E-state index is 0.141. The third-order valence-corrected chi connectivity index (χ3v) is 7.05. The number of carbonyl (C=O) groups excluding carboxylic acids is 1. The topological polar surface area (TPSA) is 82.5 Å². The maximum Gasteiger partial charge on any atom is 0.279 e. The van der Waals surface area contributed by atoms with Crippen molar-refractivity contribution in [1.82, 2.24) is 9.55 Å². The first kappa shape index (κ1) is 24.9. The zero-order valence-electron chi connectivity index (χ0n) is 20.8. The van der Waals surface area contributed by atoms with E-state index in [-0.39, 0.29) is 17.9 Å². The van der Waals surface area contributed by atoms with E-state index in [2.05, 4.69) is 48.4 Å². The van der Waals surface area contributed by atoms with Gasteiger partial charge < -0.3 is 19.4 Å². The summed E-state index contributed by atoms with van der Waals surface area (Å²) in [6.45, 7) is 6.77. The van der Waals surface area contributed by atoms with Crippen LogP contribution in [0.2, 0.25) is 0 Å². The van der Waals surface area contributed by atoms with Gasteiger partial charge in [-0.25, -0.2) is 0 Å². The number of hydrogen-bond acceptors (Lipinski definition) is 6. The van der Waals surface area contributed by atoms with Gasteiger partial charge in [-0.2, -0.15) is 4.98 Å². The number of aromatic nitrogens is 2. The number of aryl methyl sites for hydroxylation is 1. The van der Waals surface area contributed by atoms with E-state index in [4.69, 9.17) is 9.47 Å². The van der Waals surface area contributed by atoms with Crippen LogP contribution in [0.25, 0.3) is 0 Å².